The number of benzene rings is 1. The highest BCUT2D eigenvalue weighted by Crippen LogP contribution is 2.27. The van der Waals surface area contributed by atoms with E-state index in [4.69, 9.17) is 0 Å². The second-order valence-electron chi connectivity index (χ2n) is 4.53. The normalized spacial score (nSPS) is 23.1. The maximum absolute atomic E-state index is 13.8. The predicted octanol–water partition coefficient (Wildman–Crippen LogP) is 3.88. The summed E-state index contributed by atoms with van der Waals surface area (Å²) in [5, 5.41) is 3.81. The van der Waals surface area contributed by atoms with E-state index in [1.54, 1.807) is 12.1 Å². The van der Waals surface area contributed by atoms with Gasteiger partial charge in [-0.15, -0.1) is 0 Å². The van der Waals surface area contributed by atoms with Crippen LogP contribution in [0, 0.1) is 11.7 Å². The van der Waals surface area contributed by atoms with Crippen LogP contribution in [-0.2, 0) is 0 Å². The summed E-state index contributed by atoms with van der Waals surface area (Å²) in [7, 11) is 0. The molecule has 1 aliphatic rings. The summed E-state index contributed by atoms with van der Waals surface area (Å²) in [4.78, 5) is 12.0. The smallest absolute Gasteiger partial charge is 0.254 e. The molecule has 1 aromatic carbocycles. The number of amides is 1. The molecule has 5 heteroatoms. The first-order valence-electron chi connectivity index (χ1n) is 5.94. The number of carbonyl (C=O) groups excluding carboxylic acids is 1. The fraction of sp³-hybridized carbons (Fsp3) is 0.462. The molecule has 1 amide bonds. The van der Waals surface area contributed by atoms with Gasteiger partial charge in [0.25, 0.3) is 5.91 Å². The Morgan fingerprint density at radius 3 is 2.94 bits per heavy atom. The topological polar surface area (TPSA) is 29.1 Å². The molecule has 1 N–H and O–H groups in total. The Morgan fingerprint density at radius 1 is 1.44 bits per heavy atom. The standard InChI is InChI=1S/C13H14Br2FNO/c14-7-8-3-1-6-11(8)17-13(18)9-4-2-5-10(15)12(9)16/h2,4-5,8,11H,1,3,6-7H2,(H,17,18). The SMILES string of the molecule is O=C(NC1CCCC1CBr)c1cccc(Br)c1F. The Morgan fingerprint density at radius 2 is 2.22 bits per heavy atom. The third kappa shape index (κ3) is 2.94. The minimum Gasteiger partial charge on any atom is -0.349 e. The van der Waals surface area contributed by atoms with Crippen molar-refractivity contribution in [3.8, 4) is 0 Å². The van der Waals surface area contributed by atoms with Gasteiger partial charge in [-0.25, -0.2) is 4.39 Å². The van der Waals surface area contributed by atoms with Gasteiger partial charge in [0.2, 0.25) is 0 Å². The number of rotatable bonds is 3. The van der Waals surface area contributed by atoms with Crippen LogP contribution < -0.4 is 5.32 Å². The van der Waals surface area contributed by atoms with Gasteiger partial charge in [-0.2, -0.15) is 0 Å². The molecule has 1 fully saturated rings. The molecule has 2 unspecified atom stereocenters. The molecule has 0 radical (unpaired) electrons. The minimum absolute atomic E-state index is 0.101. The van der Waals surface area contributed by atoms with E-state index in [9.17, 15) is 9.18 Å². The van der Waals surface area contributed by atoms with E-state index in [2.05, 4.69) is 37.2 Å². The Balaban J connectivity index is 2.10. The number of nitrogens with one attached hydrogen (secondary N) is 1. The molecular formula is C13H14Br2FNO. The Kier molecular flexibility index (Phi) is 4.78. The molecule has 1 aromatic rings. The summed E-state index contributed by atoms with van der Waals surface area (Å²) in [6.07, 6.45) is 3.19. The molecular weight excluding hydrogens is 365 g/mol. The van der Waals surface area contributed by atoms with E-state index in [0.717, 1.165) is 24.6 Å². The van der Waals surface area contributed by atoms with Gasteiger partial charge in [-0.1, -0.05) is 28.4 Å². The number of alkyl halides is 1. The second-order valence-corrected chi connectivity index (χ2v) is 6.03. The van der Waals surface area contributed by atoms with Gasteiger partial charge >= 0.3 is 0 Å². The Labute approximate surface area is 123 Å². The molecule has 2 nitrogen and oxygen atoms in total. The predicted molar refractivity (Wildman–Crippen MR) is 76.5 cm³/mol. The van der Waals surface area contributed by atoms with Crippen molar-refractivity contribution in [1.82, 2.24) is 5.32 Å². The van der Waals surface area contributed by atoms with Gasteiger partial charge in [-0.3, -0.25) is 4.79 Å². The van der Waals surface area contributed by atoms with Crippen LogP contribution in [0.4, 0.5) is 4.39 Å². The van der Waals surface area contributed by atoms with E-state index in [-0.39, 0.29) is 17.5 Å². The highest BCUT2D eigenvalue weighted by molar-refractivity contribution is 9.10. The third-order valence-corrected chi connectivity index (χ3v) is 4.81. The quantitative estimate of drug-likeness (QED) is 0.794. The van der Waals surface area contributed by atoms with Crippen LogP contribution in [0.1, 0.15) is 29.6 Å². The van der Waals surface area contributed by atoms with E-state index in [0.29, 0.717) is 10.4 Å². The summed E-state index contributed by atoms with van der Waals surface area (Å²) in [5.41, 5.74) is 0.101. The first-order chi connectivity index (χ1) is 8.63. The van der Waals surface area contributed by atoms with E-state index in [1.165, 1.54) is 6.07 Å². The number of hydrogen-bond donors (Lipinski definition) is 1. The molecule has 0 aliphatic heterocycles. The van der Waals surface area contributed by atoms with E-state index < -0.39 is 5.82 Å². The van der Waals surface area contributed by atoms with Crippen molar-refractivity contribution in [2.24, 2.45) is 5.92 Å². The summed E-state index contributed by atoms with van der Waals surface area (Å²) in [6, 6.07) is 4.91. The van der Waals surface area contributed by atoms with Crippen molar-refractivity contribution in [2.75, 3.05) is 5.33 Å². The zero-order chi connectivity index (χ0) is 13.1. The fourth-order valence-electron chi connectivity index (χ4n) is 2.34. The maximum atomic E-state index is 13.8. The van der Waals surface area contributed by atoms with Gasteiger partial charge in [-0.05, 0) is 46.8 Å². The highest BCUT2D eigenvalue weighted by Gasteiger charge is 2.28. The fourth-order valence-corrected chi connectivity index (χ4v) is 3.48. The van der Waals surface area contributed by atoms with Crippen molar-refractivity contribution >= 4 is 37.8 Å². The van der Waals surface area contributed by atoms with Gasteiger partial charge in [0.1, 0.15) is 5.82 Å². The molecule has 0 saturated heterocycles. The van der Waals surface area contributed by atoms with Crippen molar-refractivity contribution in [2.45, 2.75) is 25.3 Å². The van der Waals surface area contributed by atoms with Crippen molar-refractivity contribution < 1.29 is 9.18 Å². The summed E-state index contributed by atoms with van der Waals surface area (Å²) in [6.45, 7) is 0. The average molecular weight is 379 g/mol. The number of carbonyl (C=O) groups is 1. The van der Waals surface area contributed by atoms with Crippen molar-refractivity contribution in [3.05, 3.63) is 34.1 Å². The van der Waals surface area contributed by atoms with Crippen LogP contribution in [0.2, 0.25) is 0 Å². The van der Waals surface area contributed by atoms with E-state index in [1.807, 2.05) is 0 Å². The summed E-state index contributed by atoms with van der Waals surface area (Å²) in [5.74, 6) is -0.376. The van der Waals surface area contributed by atoms with E-state index >= 15 is 0 Å². The third-order valence-electron chi connectivity index (χ3n) is 3.37. The summed E-state index contributed by atoms with van der Waals surface area (Å²) < 4.78 is 14.1. The largest absolute Gasteiger partial charge is 0.349 e. The van der Waals surface area contributed by atoms with Crippen LogP contribution >= 0.6 is 31.9 Å². The van der Waals surface area contributed by atoms with Gasteiger partial charge < -0.3 is 5.32 Å². The molecule has 0 heterocycles. The molecule has 0 bridgehead atoms. The number of hydrogen-bond acceptors (Lipinski definition) is 1. The lowest BCUT2D eigenvalue weighted by atomic mass is 10.1. The Hall–Kier alpha value is -0.420. The lowest BCUT2D eigenvalue weighted by molar-refractivity contribution is 0.0926. The monoisotopic (exact) mass is 377 g/mol. The zero-order valence-corrected chi connectivity index (χ0v) is 12.9. The first kappa shape index (κ1) is 14.0. The van der Waals surface area contributed by atoms with Crippen LogP contribution in [0.15, 0.2) is 22.7 Å². The van der Waals surface area contributed by atoms with Crippen molar-refractivity contribution in [1.29, 1.82) is 0 Å². The van der Waals surface area contributed by atoms with Crippen LogP contribution in [0.5, 0.6) is 0 Å². The first-order valence-corrected chi connectivity index (χ1v) is 7.85. The lowest BCUT2D eigenvalue weighted by Gasteiger charge is -2.19. The average Bonchev–Trinajstić information content (AvgIpc) is 2.79. The van der Waals surface area contributed by atoms with Crippen LogP contribution in [0.3, 0.4) is 0 Å². The van der Waals surface area contributed by atoms with Crippen LogP contribution in [0.25, 0.3) is 0 Å². The molecule has 1 aliphatic carbocycles. The second kappa shape index (κ2) is 6.15. The van der Waals surface area contributed by atoms with Gasteiger partial charge in [0.15, 0.2) is 0 Å². The molecule has 1 saturated carbocycles. The highest BCUT2D eigenvalue weighted by atomic mass is 79.9. The molecule has 2 atom stereocenters. The molecule has 0 aromatic heterocycles. The van der Waals surface area contributed by atoms with Crippen molar-refractivity contribution in [3.63, 3.8) is 0 Å². The molecule has 98 valence electrons. The number of halogens is 3. The minimum atomic E-state index is -0.497. The van der Waals surface area contributed by atoms with Gasteiger partial charge in [0, 0.05) is 11.4 Å². The molecule has 2 rings (SSSR count). The molecule has 18 heavy (non-hydrogen) atoms. The van der Waals surface area contributed by atoms with Crippen LogP contribution in [-0.4, -0.2) is 17.3 Å². The molecule has 0 spiro atoms. The summed E-state index contributed by atoms with van der Waals surface area (Å²) >= 11 is 6.55. The lowest BCUT2D eigenvalue weighted by Crippen LogP contribution is -2.38. The maximum Gasteiger partial charge on any atom is 0.254 e. The Bertz CT molecular complexity index is 453. The van der Waals surface area contributed by atoms with Gasteiger partial charge in [0.05, 0.1) is 10.0 Å². The zero-order valence-electron chi connectivity index (χ0n) is 9.76.